The molecule has 1 heterocycles. The Labute approximate surface area is 173 Å². The summed E-state index contributed by atoms with van der Waals surface area (Å²) in [4.78, 5) is 16.4. The van der Waals surface area contributed by atoms with Crippen LogP contribution in [0, 0.1) is 0 Å². The molecule has 6 nitrogen and oxygen atoms in total. The highest BCUT2D eigenvalue weighted by molar-refractivity contribution is 5.89. The molecule has 1 saturated heterocycles. The molecule has 29 heavy (non-hydrogen) atoms. The fraction of sp³-hybridized carbons (Fsp3) is 0.435. The van der Waals surface area contributed by atoms with Crippen LogP contribution in [0.25, 0.3) is 0 Å². The Balaban J connectivity index is 1.74. The molecular weight excluding hydrogens is 368 g/mol. The van der Waals surface area contributed by atoms with E-state index in [1.54, 1.807) is 7.11 Å². The number of hydrogen-bond acceptors (Lipinski definition) is 6. The van der Waals surface area contributed by atoms with Crippen molar-refractivity contribution >= 4 is 11.7 Å². The molecule has 0 N–H and O–H groups in total. The van der Waals surface area contributed by atoms with Gasteiger partial charge >= 0.3 is 5.97 Å². The first-order chi connectivity index (χ1) is 14.1. The zero-order valence-electron chi connectivity index (χ0n) is 17.4. The minimum absolute atomic E-state index is 0.182. The first kappa shape index (κ1) is 21.3. The molecule has 0 aliphatic carbocycles. The van der Waals surface area contributed by atoms with Crippen LogP contribution >= 0.6 is 0 Å². The predicted molar refractivity (Wildman–Crippen MR) is 113 cm³/mol. The van der Waals surface area contributed by atoms with E-state index in [1.165, 1.54) is 12.7 Å². The third-order valence-corrected chi connectivity index (χ3v) is 5.43. The van der Waals surface area contributed by atoms with Gasteiger partial charge in [-0.1, -0.05) is 30.3 Å². The second-order valence-electron chi connectivity index (χ2n) is 7.32. The predicted octanol–water partition coefficient (Wildman–Crippen LogP) is 3.35. The summed E-state index contributed by atoms with van der Waals surface area (Å²) in [6, 6.07) is 18.3. The highest BCUT2D eigenvalue weighted by Crippen LogP contribution is 2.28. The summed E-state index contributed by atoms with van der Waals surface area (Å²) in [7, 11) is 5.14. The smallest absolute Gasteiger partial charge is 0.337 e. The number of anilines is 1. The van der Waals surface area contributed by atoms with E-state index < -0.39 is 0 Å². The number of benzene rings is 2. The van der Waals surface area contributed by atoms with Crippen molar-refractivity contribution in [3.63, 3.8) is 0 Å². The number of likely N-dealkylation sites (N-methyl/N-ethyl adjacent to an activating group) is 1. The van der Waals surface area contributed by atoms with Crippen LogP contribution in [-0.4, -0.2) is 64.7 Å². The van der Waals surface area contributed by atoms with E-state index >= 15 is 0 Å². The van der Waals surface area contributed by atoms with E-state index in [9.17, 15) is 4.79 Å². The fourth-order valence-corrected chi connectivity index (χ4v) is 3.76. The number of carbonyl (C=O) groups excluding carboxylic acids is 1. The largest absolute Gasteiger partial charge is 0.465 e. The summed E-state index contributed by atoms with van der Waals surface area (Å²) < 4.78 is 15.6. The quantitative estimate of drug-likeness (QED) is 0.477. The maximum absolute atomic E-state index is 11.7. The zero-order valence-corrected chi connectivity index (χ0v) is 17.4. The maximum Gasteiger partial charge on any atom is 0.337 e. The van der Waals surface area contributed by atoms with Gasteiger partial charge in [-0.2, -0.15) is 0 Å². The molecule has 1 aliphatic rings. The molecule has 1 aliphatic heterocycles. The third kappa shape index (κ3) is 5.56. The zero-order chi connectivity index (χ0) is 20.6. The van der Waals surface area contributed by atoms with Gasteiger partial charge in [0.2, 0.25) is 0 Å². The molecule has 0 aromatic heterocycles. The van der Waals surface area contributed by atoms with Gasteiger partial charge in [0.15, 0.2) is 0 Å². The van der Waals surface area contributed by atoms with Gasteiger partial charge in [0, 0.05) is 39.5 Å². The molecule has 2 atom stereocenters. The van der Waals surface area contributed by atoms with Crippen LogP contribution in [0.15, 0.2) is 54.6 Å². The molecular formula is C23H30N2O4. The second-order valence-corrected chi connectivity index (χ2v) is 7.32. The van der Waals surface area contributed by atoms with Crippen molar-refractivity contribution in [2.45, 2.75) is 18.6 Å². The number of rotatable bonds is 9. The fourth-order valence-electron chi connectivity index (χ4n) is 3.76. The SMILES string of the molecule is COCO[C@H]1CCN(CC(c2ccccc2)N(C)c2ccc(C(=O)OC)cc2)C1. The van der Waals surface area contributed by atoms with E-state index in [0.717, 1.165) is 31.7 Å². The van der Waals surface area contributed by atoms with Crippen LogP contribution in [0.4, 0.5) is 5.69 Å². The van der Waals surface area contributed by atoms with Crippen molar-refractivity contribution in [1.82, 2.24) is 4.90 Å². The summed E-state index contributed by atoms with van der Waals surface area (Å²) >= 11 is 0. The number of carbonyl (C=O) groups is 1. The third-order valence-electron chi connectivity index (χ3n) is 5.43. The molecule has 2 aromatic rings. The first-order valence-electron chi connectivity index (χ1n) is 9.91. The van der Waals surface area contributed by atoms with Gasteiger partial charge in [-0.15, -0.1) is 0 Å². The summed E-state index contributed by atoms with van der Waals surface area (Å²) in [6.07, 6.45) is 1.23. The van der Waals surface area contributed by atoms with E-state index in [2.05, 4.69) is 41.1 Å². The van der Waals surface area contributed by atoms with E-state index in [4.69, 9.17) is 14.2 Å². The number of methoxy groups -OCH3 is 2. The van der Waals surface area contributed by atoms with Crippen LogP contribution in [0.2, 0.25) is 0 Å². The Morgan fingerprint density at radius 1 is 1.14 bits per heavy atom. The minimum Gasteiger partial charge on any atom is -0.465 e. The molecule has 2 aromatic carbocycles. The summed E-state index contributed by atoms with van der Waals surface area (Å²) in [5.41, 5.74) is 2.87. The molecule has 1 unspecified atom stereocenters. The summed E-state index contributed by atoms with van der Waals surface area (Å²) in [5.74, 6) is -0.321. The van der Waals surface area contributed by atoms with Crippen LogP contribution in [0.5, 0.6) is 0 Å². The summed E-state index contributed by atoms with van der Waals surface area (Å²) in [6.45, 7) is 3.15. The number of hydrogen-bond donors (Lipinski definition) is 0. The Hall–Kier alpha value is -2.41. The summed E-state index contributed by atoms with van der Waals surface area (Å²) in [5, 5.41) is 0. The van der Waals surface area contributed by atoms with E-state index in [1.807, 2.05) is 30.3 Å². The first-order valence-corrected chi connectivity index (χ1v) is 9.91. The van der Waals surface area contributed by atoms with Gasteiger partial charge in [0.05, 0.1) is 24.8 Å². The average molecular weight is 399 g/mol. The lowest BCUT2D eigenvalue weighted by Gasteiger charge is -2.33. The van der Waals surface area contributed by atoms with Crippen molar-refractivity contribution in [3.05, 3.63) is 65.7 Å². The Morgan fingerprint density at radius 2 is 1.86 bits per heavy atom. The molecule has 0 saturated carbocycles. The van der Waals surface area contributed by atoms with Crippen LogP contribution in [0.1, 0.15) is 28.4 Å². The second kappa shape index (κ2) is 10.4. The van der Waals surface area contributed by atoms with Gasteiger partial charge in [0.1, 0.15) is 6.79 Å². The number of ether oxygens (including phenoxy) is 3. The molecule has 3 rings (SSSR count). The maximum atomic E-state index is 11.7. The van der Waals surface area contributed by atoms with E-state index in [0.29, 0.717) is 12.4 Å². The van der Waals surface area contributed by atoms with Gasteiger partial charge in [0.25, 0.3) is 0 Å². The standard InChI is InChI=1S/C23H30N2O4/c1-24(20-11-9-19(10-12-20)23(26)28-3)22(18-7-5-4-6-8-18)16-25-14-13-21(15-25)29-17-27-2/h4-12,21-22H,13-17H2,1-3H3/t21-,22?/m0/s1. The van der Waals surface area contributed by atoms with Gasteiger partial charge < -0.3 is 19.1 Å². The lowest BCUT2D eigenvalue weighted by Crippen LogP contribution is -2.36. The molecule has 0 bridgehead atoms. The van der Waals surface area contributed by atoms with Gasteiger partial charge in [-0.25, -0.2) is 4.79 Å². The Bertz CT molecular complexity index is 766. The van der Waals surface area contributed by atoms with Crippen LogP contribution in [0.3, 0.4) is 0 Å². The monoisotopic (exact) mass is 398 g/mol. The van der Waals surface area contributed by atoms with Gasteiger partial charge in [-0.3, -0.25) is 4.90 Å². The number of esters is 1. The highest BCUT2D eigenvalue weighted by Gasteiger charge is 2.27. The molecule has 0 radical (unpaired) electrons. The average Bonchev–Trinajstić information content (AvgIpc) is 3.23. The minimum atomic E-state index is -0.321. The normalized spacial score (nSPS) is 17.8. The van der Waals surface area contributed by atoms with Crippen molar-refractivity contribution in [1.29, 1.82) is 0 Å². The van der Waals surface area contributed by atoms with Gasteiger partial charge in [-0.05, 0) is 36.2 Å². The van der Waals surface area contributed by atoms with Crippen LogP contribution < -0.4 is 4.90 Å². The molecule has 1 fully saturated rings. The lowest BCUT2D eigenvalue weighted by atomic mass is 10.0. The Kier molecular flexibility index (Phi) is 7.63. The van der Waals surface area contributed by atoms with Crippen molar-refractivity contribution in [2.75, 3.05) is 52.6 Å². The molecule has 0 amide bonds. The molecule has 156 valence electrons. The topological polar surface area (TPSA) is 51.2 Å². The Morgan fingerprint density at radius 3 is 2.52 bits per heavy atom. The number of nitrogens with zero attached hydrogens (tertiary/aromatic N) is 2. The molecule has 6 heteroatoms. The van der Waals surface area contributed by atoms with Crippen LogP contribution in [-0.2, 0) is 14.2 Å². The number of likely N-dealkylation sites (tertiary alicyclic amines) is 1. The van der Waals surface area contributed by atoms with Crippen molar-refractivity contribution in [2.24, 2.45) is 0 Å². The van der Waals surface area contributed by atoms with Crippen molar-refractivity contribution in [3.8, 4) is 0 Å². The van der Waals surface area contributed by atoms with E-state index in [-0.39, 0.29) is 18.1 Å². The molecule has 0 spiro atoms. The van der Waals surface area contributed by atoms with Crippen molar-refractivity contribution < 1.29 is 19.0 Å². The lowest BCUT2D eigenvalue weighted by molar-refractivity contribution is -0.0671. The highest BCUT2D eigenvalue weighted by atomic mass is 16.7.